The van der Waals surface area contributed by atoms with Gasteiger partial charge in [0.25, 0.3) is 0 Å². The highest BCUT2D eigenvalue weighted by Gasteiger charge is 2.16. The van der Waals surface area contributed by atoms with Crippen LogP contribution < -0.4 is 15.2 Å². The van der Waals surface area contributed by atoms with Gasteiger partial charge in [0.05, 0.1) is 17.1 Å². The van der Waals surface area contributed by atoms with E-state index in [0.29, 0.717) is 19.8 Å². The smallest absolute Gasteiger partial charge is 0.163 e. The molecule has 0 spiro atoms. The van der Waals surface area contributed by atoms with Crippen LogP contribution in [0.1, 0.15) is 24.7 Å². The summed E-state index contributed by atoms with van der Waals surface area (Å²) < 4.78 is 16.1. The molecule has 1 aromatic heterocycles. The standard InChI is InChI=1S/C14H19N3O3/c1-18-4-2-3-9(15)14-16-10-7-12-13(8-11(10)17-14)20-6-5-19-12/h7-9H,2-6,15H2,1H3,(H,16,17). The summed E-state index contributed by atoms with van der Waals surface area (Å²) in [6.45, 7) is 1.87. The van der Waals surface area contributed by atoms with Gasteiger partial charge < -0.3 is 24.9 Å². The molecule has 0 saturated carbocycles. The highest BCUT2D eigenvalue weighted by Crippen LogP contribution is 2.34. The predicted molar refractivity (Wildman–Crippen MR) is 75.1 cm³/mol. The first-order valence-corrected chi connectivity index (χ1v) is 6.81. The van der Waals surface area contributed by atoms with Gasteiger partial charge in [-0.2, -0.15) is 0 Å². The van der Waals surface area contributed by atoms with Gasteiger partial charge >= 0.3 is 0 Å². The molecule has 0 bridgehead atoms. The van der Waals surface area contributed by atoms with Gasteiger partial charge in [0, 0.05) is 25.8 Å². The van der Waals surface area contributed by atoms with Crippen LogP contribution in [0.4, 0.5) is 0 Å². The number of benzene rings is 1. The van der Waals surface area contributed by atoms with Crippen LogP contribution in [-0.4, -0.2) is 36.9 Å². The van der Waals surface area contributed by atoms with Crippen molar-refractivity contribution in [2.75, 3.05) is 26.9 Å². The number of nitrogens with zero attached hydrogens (tertiary/aromatic N) is 1. The lowest BCUT2D eigenvalue weighted by Crippen LogP contribution is -2.15. The van der Waals surface area contributed by atoms with Gasteiger partial charge in [-0.15, -0.1) is 0 Å². The number of nitrogens with one attached hydrogen (secondary N) is 1. The molecule has 2 aromatic rings. The van der Waals surface area contributed by atoms with Crippen LogP contribution in [0, 0.1) is 0 Å². The van der Waals surface area contributed by atoms with Crippen LogP contribution in [0.2, 0.25) is 0 Å². The molecule has 0 amide bonds. The molecule has 6 nitrogen and oxygen atoms in total. The zero-order valence-corrected chi connectivity index (χ0v) is 11.5. The first-order valence-electron chi connectivity index (χ1n) is 6.81. The minimum absolute atomic E-state index is 0.114. The monoisotopic (exact) mass is 277 g/mol. The summed E-state index contributed by atoms with van der Waals surface area (Å²) in [5, 5.41) is 0. The SMILES string of the molecule is COCCCC(N)c1nc2cc3c(cc2[nH]1)OCCO3. The van der Waals surface area contributed by atoms with E-state index in [1.807, 2.05) is 12.1 Å². The number of H-pyrrole nitrogens is 1. The van der Waals surface area contributed by atoms with E-state index < -0.39 is 0 Å². The van der Waals surface area contributed by atoms with Crippen molar-refractivity contribution in [2.45, 2.75) is 18.9 Å². The fourth-order valence-electron chi connectivity index (χ4n) is 2.33. The molecule has 20 heavy (non-hydrogen) atoms. The molecular formula is C14H19N3O3. The third kappa shape index (κ3) is 2.57. The average Bonchev–Trinajstić information content (AvgIpc) is 2.87. The number of imidazole rings is 1. The van der Waals surface area contributed by atoms with E-state index in [9.17, 15) is 0 Å². The normalized spacial score (nSPS) is 15.5. The Morgan fingerprint density at radius 2 is 2.10 bits per heavy atom. The summed E-state index contributed by atoms with van der Waals surface area (Å²) in [7, 11) is 1.69. The number of aromatic nitrogens is 2. The second-order valence-corrected chi connectivity index (χ2v) is 4.88. The Morgan fingerprint density at radius 1 is 1.35 bits per heavy atom. The Bertz CT molecular complexity index is 554. The second-order valence-electron chi connectivity index (χ2n) is 4.88. The summed E-state index contributed by atoms with van der Waals surface area (Å²) in [5.74, 6) is 2.29. The molecule has 108 valence electrons. The van der Waals surface area contributed by atoms with Crippen molar-refractivity contribution in [3.05, 3.63) is 18.0 Å². The zero-order valence-electron chi connectivity index (χ0n) is 11.5. The Hall–Kier alpha value is -1.79. The lowest BCUT2D eigenvalue weighted by molar-refractivity contribution is 0.172. The molecule has 1 unspecified atom stereocenters. The first-order chi connectivity index (χ1) is 9.78. The highest BCUT2D eigenvalue weighted by molar-refractivity contribution is 5.80. The van der Waals surface area contributed by atoms with Gasteiger partial charge in [-0.3, -0.25) is 0 Å². The van der Waals surface area contributed by atoms with Crippen molar-refractivity contribution in [2.24, 2.45) is 5.73 Å². The number of fused-ring (bicyclic) bond motifs is 2. The van der Waals surface area contributed by atoms with Crippen LogP contribution in [0.15, 0.2) is 12.1 Å². The Labute approximate surface area is 117 Å². The van der Waals surface area contributed by atoms with E-state index in [1.54, 1.807) is 7.11 Å². The van der Waals surface area contributed by atoms with Crippen molar-refractivity contribution in [3.63, 3.8) is 0 Å². The third-order valence-electron chi connectivity index (χ3n) is 3.38. The average molecular weight is 277 g/mol. The molecule has 3 N–H and O–H groups in total. The zero-order chi connectivity index (χ0) is 13.9. The number of nitrogens with two attached hydrogens (primary N) is 1. The maximum atomic E-state index is 6.14. The Balaban J connectivity index is 1.83. The quantitative estimate of drug-likeness (QED) is 0.814. The molecule has 6 heteroatoms. The number of aromatic amines is 1. The van der Waals surface area contributed by atoms with Gasteiger partial charge in [-0.25, -0.2) is 4.98 Å². The number of hydrogen-bond acceptors (Lipinski definition) is 5. The maximum Gasteiger partial charge on any atom is 0.163 e. The molecule has 2 heterocycles. The Morgan fingerprint density at radius 3 is 2.85 bits per heavy atom. The maximum absolute atomic E-state index is 6.14. The number of methoxy groups -OCH3 is 1. The van der Waals surface area contributed by atoms with Crippen molar-refractivity contribution < 1.29 is 14.2 Å². The van der Waals surface area contributed by atoms with Crippen molar-refractivity contribution in [3.8, 4) is 11.5 Å². The summed E-state index contributed by atoms with van der Waals surface area (Å²) in [5.41, 5.74) is 7.92. The second kappa shape index (κ2) is 5.68. The number of hydrogen-bond donors (Lipinski definition) is 2. The van der Waals surface area contributed by atoms with E-state index in [1.165, 1.54) is 0 Å². The van der Waals surface area contributed by atoms with E-state index in [-0.39, 0.29) is 6.04 Å². The molecule has 1 atom stereocenters. The molecule has 3 rings (SSSR count). The van der Waals surface area contributed by atoms with Crippen LogP contribution in [-0.2, 0) is 4.74 Å². The molecule has 1 aliphatic rings. The molecular weight excluding hydrogens is 258 g/mol. The molecule has 0 saturated heterocycles. The summed E-state index contributed by atoms with van der Waals surface area (Å²) in [4.78, 5) is 7.80. The van der Waals surface area contributed by atoms with Gasteiger partial charge in [-0.05, 0) is 12.8 Å². The minimum atomic E-state index is -0.114. The molecule has 1 aromatic carbocycles. The van der Waals surface area contributed by atoms with E-state index >= 15 is 0 Å². The molecule has 1 aliphatic heterocycles. The Kier molecular flexibility index (Phi) is 3.75. The number of ether oxygens (including phenoxy) is 3. The lowest BCUT2D eigenvalue weighted by atomic mass is 10.1. The van der Waals surface area contributed by atoms with E-state index in [0.717, 1.165) is 41.2 Å². The molecule has 0 fully saturated rings. The van der Waals surface area contributed by atoms with Gasteiger partial charge in [0.1, 0.15) is 19.0 Å². The minimum Gasteiger partial charge on any atom is -0.486 e. The highest BCUT2D eigenvalue weighted by atomic mass is 16.6. The molecule has 0 aliphatic carbocycles. The van der Waals surface area contributed by atoms with Gasteiger partial charge in [-0.1, -0.05) is 0 Å². The predicted octanol–water partition coefficient (Wildman–Crippen LogP) is 1.76. The third-order valence-corrected chi connectivity index (χ3v) is 3.38. The first kappa shape index (κ1) is 13.2. The van der Waals surface area contributed by atoms with Crippen LogP contribution in [0.25, 0.3) is 11.0 Å². The van der Waals surface area contributed by atoms with Crippen LogP contribution >= 0.6 is 0 Å². The topological polar surface area (TPSA) is 82.4 Å². The van der Waals surface area contributed by atoms with Crippen LogP contribution in [0.3, 0.4) is 0 Å². The summed E-state index contributed by atoms with van der Waals surface area (Å²) >= 11 is 0. The van der Waals surface area contributed by atoms with Crippen molar-refractivity contribution >= 4 is 11.0 Å². The fraction of sp³-hybridized carbons (Fsp3) is 0.500. The number of rotatable bonds is 5. The van der Waals surface area contributed by atoms with Gasteiger partial charge in [0.15, 0.2) is 11.5 Å². The lowest BCUT2D eigenvalue weighted by Gasteiger charge is -2.17. The van der Waals surface area contributed by atoms with Crippen molar-refractivity contribution in [1.82, 2.24) is 9.97 Å². The largest absolute Gasteiger partial charge is 0.486 e. The van der Waals surface area contributed by atoms with E-state index in [4.69, 9.17) is 19.9 Å². The van der Waals surface area contributed by atoms with Crippen LogP contribution in [0.5, 0.6) is 11.5 Å². The molecule has 0 radical (unpaired) electrons. The summed E-state index contributed by atoms with van der Waals surface area (Å²) in [6.07, 6.45) is 1.75. The van der Waals surface area contributed by atoms with Gasteiger partial charge in [0.2, 0.25) is 0 Å². The van der Waals surface area contributed by atoms with E-state index in [2.05, 4.69) is 9.97 Å². The van der Waals surface area contributed by atoms with Crippen molar-refractivity contribution in [1.29, 1.82) is 0 Å². The summed E-state index contributed by atoms with van der Waals surface area (Å²) in [6, 6.07) is 3.70. The fourth-order valence-corrected chi connectivity index (χ4v) is 2.33.